The largest absolute Gasteiger partial charge is 0.504 e. The van der Waals surface area contributed by atoms with Crippen molar-refractivity contribution in [2.45, 2.75) is 6.92 Å². The zero-order chi connectivity index (χ0) is 15.8. The smallest absolute Gasteiger partial charge is 0.287 e. The van der Waals surface area contributed by atoms with Crippen molar-refractivity contribution >= 4 is 15.9 Å². The Morgan fingerprint density at radius 3 is 2.67 bits per heavy atom. The summed E-state index contributed by atoms with van der Waals surface area (Å²) in [6.07, 6.45) is 1.21. The minimum Gasteiger partial charge on any atom is -0.504 e. The predicted octanol–water partition coefficient (Wildman–Crippen LogP) is 1.72. The summed E-state index contributed by atoms with van der Waals surface area (Å²) in [4.78, 5) is 10.0. The zero-order valence-corrected chi connectivity index (χ0v) is 12.2. The number of phenols is 1. The van der Waals surface area contributed by atoms with Crippen LogP contribution in [0.3, 0.4) is 0 Å². The highest BCUT2D eigenvalue weighted by Crippen LogP contribution is 2.34. The SMILES string of the molecule is COc1cc(/C=C2/C([N+](=O)[O-])=C(C)CS2(=O)=O)ccc1O. The van der Waals surface area contributed by atoms with Gasteiger partial charge in [0.05, 0.1) is 17.8 Å². The van der Waals surface area contributed by atoms with E-state index in [0.29, 0.717) is 5.56 Å². The van der Waals surface area contributed by atoms with E-state index >= 15 is 0 Å². The molecule has 0 unspecified atom stereocenters. The summed E-state index contributed by atoms with van der Waals surface area (Å²) in [5.74, 6) is -0.303. The Balaban J connectivity index is 2.60. The lowest BCUT2D eigenvalue weighted by Crippen LogP contribution is -2.05. The fourth-order valence-electron chi connectivity index (χ4n) is 2.13. The first-order chi connectivity index (χ1) is 9.76. The third kappa shape index (κ3) is 2.75. The molecule has 0 saturated carbocycles. The molecular formula is C13H13NO6S. The number of benzene rings is 1. The fourth-order valence-corrected chi connectivity index (χ4v) is 3.85. The molecule has 0 atom stereocenters. The van der Waals surface area contributed by atoms with E-state index in [1.54, 1.807) is 0 Å². The molecule has 0 bridgehead atoms. The highest BCUT2D eigenvalue weighted by atomic mass is 32.2. The molecule has 7 nitrogen and oxygen atoms in total. The Morgan fingerprint density at radius 1 is 1.43 bits per heavy atom. The molecule has 0 amide bonds. The van der Waals surface area contributed by atoms with Crippen molar-refractivity contribution in [2.24, 2.45) is 0 Å². The second-order valence-electron chi connectivity index (χ2n) is 4.59. The number of nitro groups is 1. The standard InChI is InChI=1S/C13H13NO6S/c1-8-7-21(18,19)12(13(8)14(16)17)6-9-3-4-10(15)11(5-9)20-2/h3-6,15H,7H2,1-2H3/b12-6-. The van der Waals surface area contributed by atoms with Gasteiger partial charge >= 0.3 is 0 Å². The van der Waals surface area contributed by atoms with Crippen molar-refractivity contribution in [1.29, 1.82) is 0 Å². The van der Waals surface area contributed by atoms with Crippen LogP contribution in [0.4, 0.5) is 0 Å². The van der Waals surface area contributed by atoms with E-state index in [2.05, 4.69) is 0 Å². The Labute approximate surface area is 121 Å². The van der Waals surface area contributed by atoms with E-state index in [1.807, 2.05) is 0 Å². The van der Waals surface area contributed by atoms with Gasteiger partial charge in [0.25, 0.3) is 5.70 Å². The number of aromatic hydroxyl groups is 1. The van der Waals surface area contributed by atoms with Crippen LogP contribution in [0.15, 0.2) is 34.4 Å². The summed E-state index contributed by atoms with van der Waals surface area (Å²) in [6, 6.07) is 4.18. The van der Waals surface area contributed by atoms with Gasteiger partial charge in [-0.1, -0.05) is 6.07 Å². The number of hydrogen-bond acceptors (Lipinski definition) is 6. The topological polar surface area (TPSA) is 107 Å². The lowest BCUT2D eigenvalue weighted by molar-refractivity contribution is -0.420. The van der Waals surface area contributed by atoms with Gasteiger partial charge in [-0.25, -0.2) is 8.42 Å². The second-order valence-corrected chi connectivity index (χ2v) is 6.54. The Morgan fingerprint density at radius 2 is 2.10 bits per heavy atom. The van der Waals surface area contributed by atoms with Crippen molar-refractivity contribution in [3.8, 4) is 11.5 Å². The number of hydrogen-bond donors (Lipinski definition) is 1. The lowest BCUT2D eigenvalue weighted by Gasteiger charge is -2.04. The average Bonchev–Trinajstić information content (AvgIpc) is 2.61. The fraction of sp³-hybridized carbons (Fsp3) is 0.231. The van der Waals surface area contributed by atoms with Gasteiger partial charge in [0.1, 0.15) is 4.91 Å². The zero-order valence-electron chi connectivity index (χ0n) is 11.4. The number of ether oxygens (including phenoxy) is 1. The molecule has 1 heterocycles. The maximum atomic E-state index is 12.0. The van der Waals surface area contributed by atoms with E-state index < -0.39 is 14.8 Å². The minimum absolute atomic E-state index is 0.102. The molecule has 0 aliphatic carbocycles. The van der Waals surface area contributed by atoms with Crippen LogP contribution in [0.2, 0.25) is 0 Å². The first-order valence-corrected chi connectivity index (χ1v) is 7.57. The molecule has 0 spiro atoms. The highest BCUT2D eigenvalue weighted by Gasteiger charge is 2.39. The van der Waals surface area contributed by atoms with Gasteiger partial charge in [-0.05, 0) is 30.7 Å². The first kappa shape index (κ1) is 15.0. The third-order valence-corrected chi connectivity index (χ3v) is 4.86. The lowest BCUT2D eigenvalue weighted by atomic mass is 10.1. The second kappa shape index (κ2) is 5.21. The number of sulfone groups is 1. The van der Waals surface area contributed by atoms with E-state index in [9.17, 15) is 23.6 Å². The first-order valence-electron chi connectivity index (χ1n) is 5.92. The van der Waals surface area contributed by atoms with Gasteiger partial charge in [-0.2, -0.15) is 0 Å². The normalized spacial score (nSPS) is 19.0. The Hall–Kier alpha value is -2.35. The van der Waals surface area contributed by atoms with Crippen molar-refractivity contribution in [3.05, 3.63) is 50.1 Å². The van der Waals surface area contributed by atoms with Crippen LogP contribution in [0, 0.1) is 10.1 Å². The highest BCUT2D eigenvalue weighted by molar-refractivity contribution is 7.96. The van der Waals surface area contributed by atoms with E-state index in [-0.39, 0.29) is 33.4 Å². The summed E-state index contributed by atoms with van der Waals surface area (Å²) in [7, 11) is -2.36. The summed E-state index contributed by atoms with van der Waals surface area (Å²) in [6.45, 7) is 1.42. The van der Waals surface area contributed by atoms with Gasteiger partial charge in [0, 0.05) is 5.57 Å². The van der Waals surface area contributed by atoms with Crippen LogP contribution in [-0.4, -0.2) is 31.3 Å². The van der Waals surface area contributed by atoms with Crippen LogP contribution in [-0.2, 0) is 9.84 Å². The van der Waals surface area contributed by atoms with Crippen molar-refractivity contribution in [1.82, 2.24) is 0 Å². The molecule has 1 N–H and O–H groups in total. The summed E-state index contributed by atoms with van der Waals surface area (Å²) in [5, 5.41) is 20.6. The van der Waals surface area contributed by atoms with Crippen LogP contribution < -0.4 is 4.74 Å². The van der Waals surface area contributed by atoms with Gasteiger partial charge in [0.2, 0.25) is 0 Å². The van der Waals surface area contributed by atoms with E-state index in [1.165, 1.54) is 38.3 Å². The molecule has 0 fully saturated rings. The molecule has 0 aromatic heterocycles. The van der Waals surface area contributed by atoms with Crippen LogP contribution in [0.5, 0.6) is 11.5 Å². The third-order valence-electron chi connectivity index (χ3n) is 3.06. The molecule has 8 heteroatoms. The monoisotopic (exact) mass is 311 g/mol. The molecule has 112 valence electrons. The minimum atomic E-state index is -3.72. The van der Waals surface area contributed by atoms with Crippen molar-refractivity contribution in [2.75, 3.05) is 12.9 Å². The van der Waals surface area contributed by atoms with Gasteiger partial charge in [-0.3, -0.25) is 10.1 Å². The predicted molar refractivity (Wildman–Crippen MR) is 76.1 cm³/mol. The van der Waals surface area contributed by atoms with Crippen molar-refractivity contribution < 1.29 is 23.2 Å². The molecule has 0 radical (unpaired) electrons. The molecule has 1 aliphatic heterocycles. The number of rotatable bonds is 3. The van der Waals surface area contributed by atoms with E-state index in [4.69, 9.17) is 4.74 Å². The molecule has 1 aromatic rings. The maximum absolute atomic E-state index is 12.0. The summed E-state index contributed by atoms with van der Waals surface area (Å²) in [5.41, 5.74) is 0.205. The Kier molecular flexibility index (Phi) is 3.73. The molecule has 1 aliphatic rings. The Bertz CT molecular complexity index is 776. The molecule has 21 heavy (non-hydrogen) atoms. The van der Waals surface area contributed by atoms with Crippen LogP contribution >= 0.6 is 0 Å². The number of phenolic OH excluding ortho intramolecular Hbond substituents is 1. The van der Waals surface area contributed by atoms with Gasteiger partial charge < -0.3 is 9.84 Å². The average molecular weight is 311 g/mol. The van der Waals surface area contributed by atoms with Crippen LogP contribution in [0.1, 0.15) is 12.5 Å². The molecular weight excluding hydrogens is 298 g/mol. The van der Waals surface area contributed by atoms with Gasteiger partial charge in [0.15, 0.2) is 21.3 Å². The summed E-state index contributed by atoms with van der Waals surface area (Å²) < 4.78 is 29.0. The maximum Gasteiger partial charge on any atom is 0.287 e. The van der Waals surface area contributed by atoms with Crippen molar-refractivity contribution in [3.63, 3.8) is 0 Å². The number of methoxy groups -OCH3 is 1. The molecule has 2 rings (SSSR count). The van der Waals surface area contributed by atoms with E-state index in [0.717, 1.165) is 0 Å². The van der Waals surface area contributed by atoms with Crippen LogP contribution in [0.25, 0.3) is 6.08 Å². The molecule has 0 saturated heterocycles. The quantitative estimate of drug-likeness (QED) is 0.673. The molecule has 1 aromatic carbocycles. The number of nitrogens with zero attached hydrogens (tertiary/aromatic N) is 1. The summed E-state index contributed by atoms with van der Waals surface area (Å²) >= 11 is 0. The van der Waals surface area contributed by atoms with Gasteiger partial charge in [-0.15, -0.1) is 0 Å².